The summed E-state index contributed by atoms with van der Waals surface area (Å²) in [5.41, 5.74) is 2.00. The van der Waals surface area contributed by atoms with Crippen LogP contribution in [0.3, 0.4) is 0 Å². The first kappa shape index (κ1) is 18.8. The maximum absolute atomic E-state index is 5.17. The van der Waals surface area contributed by atoms with Gasteiger partial charge in [-0.15, -0.1) is 11.3 Å². The number of aliphatic imine (C=N–C) groups is 1. The zero-order valence-corrected chi connectivity index (χ0v) is 16.6. The molecule has 27 heavy (non-hydrogen) atoms. The Bertz CT molecular complexity index is 895. The lowest BCUT2D eigenvalue weighted by atomic mass is 10.2. The minimum Gasteiger partial charge on any atom is -0.497 e. The van der Waals surface area contributed by atoms with Gasteiger partial charge in [-0.25, -0.2) is 9.97 Å². The number of methoxy groups -OCH3 is 1. The largest absolute Gasteiger partial charge is 0.497 e. The molecule has 0 atom stereocenters. The van der Waals surface area contributed by atoms with Gasteiger partial charge >= 0.3 is 0 Å². The number of rotatable bonds is 6. The molecule has 0 saturated carbocycles. The van der Waals surface area contributed by atoms with Crippen LogP contribution in [-0.2, 0) is 13.1 Å². The number of aryl methyl sites for hydroxylation is 2. The van der Waals surface area contributed by atoms with Crippen LogP contribution in [0, 0.1) is 13.8 Å². The topological polar surface area (TPSA) is 100 Å². The predicted octanol–water partition coefficient (Wildman–Crippen LogP) is 2.42. The van der Waals surface area contributed by atoms with Crippen LogP contribution < -0.4 is 15.4 Å². The number of thiazole rings is 1. The Balaban J connectivity index is 1.54. The minimum atomic E-state index is 0.485. The van der Waals surface area contributed by atoms with E-state index < -0.39 is 0 Å². The molecule has 0 bridgehead atoms. The van der Waals surface area contributed by atoms with Crippen LogP contribution in [0.25, 0.3) is 11.4 Å². The number of aromatic nitrogens is 4. The zero-order valence-electron chi connectivity index (χ0n) is 15.8. The third kappa shape index (κ3) is 4.82. The summed E-state index contributed by atoms with van der Waals surface area (Å²) in [6, 6.07) is 7.63. The van der Waals surface area contributed by atoms with Crippen LogP contribution in [0.5, 0.6) is 5.75 Å². The smallest absolute Gasteiger partial charge is 0.191 e. The number of nitrogens with zero attached hydrogens (tertiary/aromatic N) is 4. The lowest BCUT2D eigenvalue weighted by Gasteiger charge is -2.09. The van der Waals surface area contributed by atoms with E-state index >= 15 is 0 Å². The first-order valence-electron chi connectivity index (χ1n) is 8.52. The van der Waals surface area contributed by atoms with Crippen molar-refractivity contribution in [2.45, 2.75) is 26.9 Å². The van der Waals surface area contributed by atoms with Gasteiger partial charge in [-0.1, -0.05) is 0 Å². The summed E-state index contributed by atoms with van der Waals surface area (Å²) in [6.07, 6.45) is 0. The Morgan fingerprint density at radius 1 is 1.15 bits per heavy atom. The molecule has 142 valence electrons. The second-order valence-corrected chi connectivity index (χ2v) is 7.15. The normalized spacial score (nSPS) is 11.5. The van der Waals surface area contributed by atoms with Crippen LogP contribution in [0.15, 0.2) is 29.3 Å². The molecule has 0 radical (unpaired) electrons. The van der Waals surface area contributed by atoms with E-state index in [9.17, 15) is 0 Å². The Morgan fingerprint density at radius 3 is 2.52 bits per heavy atom. The van der Waals surface area contributed by atoms with Crippen molar-refractivity contribution in [3.05, 3.63) is 45.7 Å². The molecule has 0 saturated heterocycles. The Morgan fingerprint density at radius 2 is 1.89 bits per heavy atom. The van der Waals surface area contributed by atoms with Crippen molar-refractivity contribution in [2.24, 2.45) is 4.99 Å². The average molecular weight is 385 g/mol. The first-order valence-corrected chi connectivity index (χ1v) is 9.34. The predicted molar refractivity (Wildman–Crippen MR) is 107 cm³/mol. The molecule has 2 heterocycles. The molecule has 0 aliphatic heterocycles. The van der Waals surface area contributed by atoms with Crippen LogP contribution >= 0.6 is 11.3 Å². The second kappa shape index (κ2) is 8.63. The van der Waals surface area contributed by atoms with Crippen LogP contribution in [0.1, 0.15) is 21.4 Å². The van der Waals surface area contributed by atoms with Gasteiger partial charge in [0.25, 0.3) is 0 Å². The fourth-order valence-corrected chi connectivity index (χ4v) is 3.28. The Kier molecular flexibility index (Phi) is 6.02. The van der Waals surface area contributed by atoms with Gasteiger partial charge in [-0.2, -0.15) is 5.10 Å². The summed E-state index contributed by atoms with van der Waals surface area (Å²) in [6.45, 7) is 5.21. The second-order valence-electron chi connectivity index (χ2n) is 5.86. The fourth-order valence-electron chi connectivity index (χ4n) is 2.41. The molecule has 0 amide bonds. The molecule has 0 spiro atoms. The quantitative estimate of drug-likeness (QED) is 0.445. The Labute approximate surface area is 162 Å². The zero-order chi connectivity index (χ0) is 19.2. The number of benzene rings is 1. The third-order valence-electron chi connectivity index (χ3n) is 4.01. The summed E-state index contributed by atoms with van der Waals surface area (Å²) in [5, 5.41) is 14.7. The van der Waals surface area contributed by atoms with Crippen molar-refractivity contribution < 1.29 is 4.74 Å². The highest BCUT2D eigenvalue weighted by atomic mass is 32.1. The molecule has 3 aromatic rings. The number of hydrogen-bond donors (Lipinski definition) is 3. The van der Waals surface area contributed by atoms with Gasteiger partial charge < -0.3 is 15.4 Å². The van der Waals surface area contributed by atoms with E-state index in [2.05, 4.69) is 42.7 Å². The van der Waals surface area contributed by atoms with E-state index in [0.29, 0.717) is 24.9 Å². The van der Waals surface area contributed by atoms with E-state index in [1.165, 1.54) is 4.88 Å². The van der Waals surface area contributed by atoms with Crippen LogP contribution in [0.2, 0.25) is 0 Å². The average Bonchev–Trinajstić information content (AvgIpc) is 3.29. The highest BCUT2D eigenvalue weighted by Crippen LogP contribution is 2.19. The maximum atomic E-state index is 5.17. The molecule has 0 aliphatic rings. The van der Waals surface area contributed by atoms with Crippen molar-refractivity contribution in [1.29, 1.82) is 0 Å². The molecule has 0 unspecified atom stereocenters. The molecule has 0 fully saturated rings. The van der Waals surface area contributed by atoms with Gasteiger partial charge in [0, 0.05) is 17.5 Å². The SMILES string of the molecule is CN=C(NCc1nc(-c2ccc(OC)cc2)n[nH]1)NCc1nc(C)c(C)s1. The summed E-state index contributed by atoms with van der Waals surface area (Å²) >= 11 is 1.69. The number of hydrogen-bond acceptors (Lipinski definition) is 6. The molecular formula is C18H23N7OS. The van der Waals surface area contributed by atoms with E-state index in [4.69, 9.17) is 4.74 Å². The first-order chi connectivity index (χ1) is 13.1. The number of guanidine groups is 1. The lowest BCUT2D eigenvalue weighted by molar-refractivity contribution is 0.415. The molecule has 3 N–H and O–H groups in total. The summed E-state index contributed by atoms with van der Waals surface area (Å²) in [4.78, 5) is 14.5. The van der Waals surface area contributed by atoms with Crippen molar-refractivity contribution >= 4 is 17.3 Å². The maximum Gasteiger partial charge on any atom is 0.191 e. The van der Waals surface area contributed by atoms with Gasteiger partial charge in [-0.3, -0.25) is 10.1 Å². The van der Waals surface area contributed by atoms with Crippen LogP contribution in [-0.4, -0.2) is 40.3 Å². The summed E-state index contributed by atoms with van der Waals surface area (Å²) in [7, 11) is 3.38. The van der Waals surface area contributed by atoms with Gasteiger partial charge in [0.05, 0.1) is 25.9 Å². The number of H-pyrrole nitrogens is 1. The molecule has 8 nitrogen and oxygen atoms in total. The highest BCUT2D eigenvalue weighted by molar-refractivity contribution is 7.11. The minimum absolute atomic E-state index is 0.485. The van der Waals surface area contributed by atoms with Gasteiger partial charge in [-0.05, 0) is 38.1 Å². The molecule has 0 aliphatic carbocycles. The monoisotopic (exact) mass is 385 g/mol. The van der Waals surface area contributed by atoms with Crippen molar-refractivity contribution in [3.63, 3.8) is 0 Å². The van der Waals surface area contributed by atoms with Crippen molar-refractivity contribution in [1.82, 2.24) is 30.8 Å². The lowest BCUT2D eigenvalue weighted by Crippen LogP contribution is -2.36. The third-order valence-corrected chi connectivity index (χ3v) is 5.08. The highest BCUT2D eigenvalue weighted by Gasteiger charge is 2.08. The van der Waals surface area contributed by atoms with Gasteiger partial charge in [0.2, 0.25) is 0 Å². The molecule has 9 heteroatoms. The van der Waals surface area contributed by atoms with Crippen LogP contribution in [0.4, 0.5) is 0 Å². The van der Waals surface area contributed by atoms with Crippen molar-refractivity contribution in [3.8, 4) is 17.1 Å². The number of nitrogens with one attached hydrogen (secondary N) is 3. The van der Waals surface area contributed by atoms with E-state index in [0.717, 1.165) is 27.8 Å². The van der Waals surface area contributed by atoms with Crippen molar-refractivity contribution in [2.75, 3.05) is 14.2 Å². The molecule has 1 aromatic carbocycles. The van der Waals surface area contributed by atoms with E-state index in [1.807, 2.05) is 31.2 Å². The fraction of sp³-hybridized carbons (Fsp3) is 0.333. The molecule has 3 rings (SSSR count). The number of aromatic amines is 1. The summed E-state index contributed by atoms with van der Waals surface area (Å²) < 4.78 is 5.17. The standard InChI is InChI=1S/C18H23N7OS/c1-11-12(2)27-16(22-11)10-21-18(19-3)20-9-15-23-17(25-24-15)13-5-7-14(26-4)8-6-13/h5-8H,9-10H2,1-4H3,(H2,19,20,21)(H,23,24,25). The van der Waals surface area contributed by atoms with Gasteiger partial charge in [0.1, 0.15) is 16.6 Å². The number of ether oxygens (including phenoxy) is 1. The van der Waals surface area contributed by atoms with E-state index in [1.54, 1.807) is 25.5 Å². The van der Waals surface area contributed by atoms with E-state index in [-0.39, 0.29) is 0 Å². The molecular weight excluding hydrogens is 362 g/mol. The molecule has 2 aromatic heterocycles. The van der Waals surface area contributed by atoms with Gasteiger partial charge in [0.15, 0.2) is 11.8 Å². The summed E-state index contributed by atoms with van der Waals surface area (Å²) in [5.74, 6) is 2.86. The Hall–Kier alpha value is -2.94.